The molecule has 0 radical (unpaired) electrons. The number of aliphatic hydroxyl groups excluding tert-OH is 3. The van der Waals surface area contributed by atoms with Gasteiger partial charge in [-0.25, -0.2) is 0 Å². The third kappa shape index (κ3) is 9.88. The Morgan fingerprint density at radius 2 is 1.38 bits per heavy atom. The van der Waals surface area contributed by atoms with Crippen LogP contribution in [0.4, 0.5) is 0 Å². The average molecular weight is 453 g/mol. The molecule has 0 saturated heterocycles. The lowest BCUT2D eigenvalue weighted by Crippen LogP contribution is -2.32. The summed E-state index contributed by atoms with van der Waals surface area (Å²) in [5.41, 5.74) is 9.77. The summed E-state index contributed by atoms with van der Waals surface area (Å²) in [7, 11) is -2.26. The summed E-state index contributed by atoms with van der Waals surface area (Å²) in [6, 6.07) is 0. The second kappa shape index (κ2) is 12.5. The van der Waals surface area contributed by atoms with Gasteiger partial charge in [-0.3, -0.25) is 13.2 Å². The number of amides is 1. The van der Waals surface area contributed by atoms with Crippen LogP contribution < -0.4 is 11.5 Å². The molecule has 10 heteroatoms. The average Bonchev–Trinajstić information content (AvgIpc) is 2.58. The zero-order valence-corrected chi connectivity index (χ0v) is 19.4. The Kier molecular flexibility index (Phi) is 11.9. The number of hydrogen-bond donors (Lipinski definition) is 5. The molecule has 170 valence electrons. The maximum Gasteiger partial charge on any atom is 0.248 e. The Labute approximate surface area is 178 Å². The van der Waals surface area contributed by atoms with Crippen LogP contribution in [0.1, 0.15) is 47.0 Å². The fourth-order valence-corrected chi connectivity index (χ4v) is 5.82. The summed E-state index contributed by atoms with van der Waals surface area (Å²) in [4.78, 5) is 11.3. The number of carbonyl (C=O) groups is 1. The van der Waals surface area contributed by atoms with Crippen molar-refractivity contribution in [1.82, 2.24) is 0 Å². The summed E-state index contributed by atoms with van der Waals surface area (Å²) in [6.07, 6.45) is 1.65. The molecule has 1 amide bonds. The molecule has 0 aliphatic carbocycles. The first-order chi connectivity index (χ1) is 13.3. The molecular weight excluding hydrogens is 416 g/mol. The van der Waals surface area contributed by atoms with Crippen LogP contribution in [0, 0.1) is 10.8 Å². The van der Waals surface area contributed by atoms with Crippen LogP contribution in [0.2, 0.25) is 0 Å². The molecule has 0 aromatic rings. The molecule has 7 N–H and O–H groups in total. The van der Waals surface area contributed by atoms with E-state index in [0.29, 0.717) is 48.5 Å². The molecule has 0 spiro atoms. The van der Waals surface area contributed by atoms with E-state index >= 15 is 0 Å². The minimum Gasteiger partial charge on any atom is -0.515 e. The van der Waals surface area contributed by atoms with Crippen molar-refractivity contribution in [2.75, 3.05) is 23.0 Å². The summed E-state index contributed by atoms with van der Waals surface area (Å²) in [6.45, 7) is 7.11. The molecule has 0 aliphatic heterocycles. The number of carbonyl (C=O) groups excluding carboxylic acids is 1. The van der Waals surface area contributed by atoms with Crippen LogP contribution in [-0.4, -0.2) is 58.9 Å². The molecule has 0 aromatic heterocycles. The molecule has 3 unspecified atom stereocenters. The summed E-state index contributed by atoms with van der Waals surface area (Å²) in [5.74, 6) is 0.806. The van der Waals surface area contributed by atoms with E-state index in [2.05, 4.69) is 0 Å². The minimum absolute atomic E-state index is 0.0946. The number of primary amides is 1. The van der Waals surface area contributed by atoms with E-state index in [-0.39, 0.29) is 11.1 Å². The van der Waals surface area contributed by atoms with Gasteiger partial charge >= 0.3 is 0 Å². The van der Waals surface area contributed by atoms with E-state index in [1.807, 2.05) is 0 Å². The molecule has 0 aliphatic rings. The maximum absolute atomic E-state index is 12.2. The SMILES string of the molecule is CC(C)(CCS(=O)CCCS(=O)CCC(C)(C)/C(=C/O)C(N)O)/C(=C/O)C(N)=O. The van der Waals surface area contributed by atoms with E-state index in [1.165, 1.54) is 0 Å². The molecule has 0 saturated carbocycles. The highest BCUT2D eigenvalue weighted by Gasteiger charge is 2.29. The quantitative estimate of drug-likeness (QED) is 0.151. The maximum atomic E-state index is 12.2. The Morgan fingerprint density at radius 1 is 0.931 bits per heavy atom. The summed E-state index contributed by atoms with van der Waals surface area (Å²) < 4.78 is 24.4. The predicted molar refractivity (Wildman–Crippen MR) is 118 cm³/mol. The predicted octanol–water partition coefficient (Wildman–Crippen LogP) is 1.35. The van der Waals surface area contributed by atoms with E-state index in [0.717, 1.165) is 6.26 Å². The lowest BCUT2D eigenvalue weighted by Gasteiger charge is -2.28. The monoisotopic (exact) mass is 452 g/mol. The van der Waals surface area contributed by atoms with Crippen LogP contribution in [0.5, 0.6) is 0 Å². The molecule has 3 atom stereocenters. The van der Waals surface area contributed by atoms with Crippen molar-refractivity contribution in [3.63, 3.8) is 0 Å². The number of aliphatic hydroxyl groups is 3. The standard InChI is InChI=1S/C19H36N2O6S2/c1-18(2,14(12-22)16(20)24)6-10-28(26)8-5-9-29(27)11-7-19(3,4)15(13-23)17(21)25/h12-13,16,22-24H,5-11,20H2,1-4H3,(H2,21,25)/b14-12+,15-13+. The molecular formula is C19H36N2O6S2. The lowest BCUT2D eigenvalue weighted by atomic mass is 9.81. The van der Waals surface area contributed by atoms with Gasteiger partial charge in [-0.15, -0.1) is 0 Å². The Bertz CT molecular complexity index is 657. The van der Waals surface area contributed by atoms with Crippen LogP contribution in [-0.2, 0) is 26.4 Å². The van der Waals surface area contributed by atoms with Gasteiger partial charge in [0.25, 0.3) is 0 Å². The Balaban J connectivity index is 4.38. The van der Waals surface area contributed by atoms with E-state index in [4.69, 9.17) is 11.5 Å². The fourth-order valence-electron chi connectivity index (χ4n) is 2.83. The highest BCUT2D eigenvalue weighted by Crippen LogP contribution is 2.32. The van der Waals surface area contributed by atoms with Crippen molar-refractivity contribution in [3.8, 4) is 0 Å². The summed E-state index contributed by atoms with van der Waals surface area (Å²) in [5, 5.41) is 27.9. The Hall–Kier alpha value is -1.23. The van der Waals surface area contributed by atoms with Crippen LogP contribution >= 0.6 is 0 Å². The highest BCUT2D eigenvalue weighted by atomic mass is 32.2. The first-order valence-corrected chi connectivity index (χ1v) is 12.4. The molecule has 0 bridgehead atoms. The first-order valence-electron chi connectivity index (χ1n) is 9.41. The van der Waals surface area contributed by atoms with Crippen LogP contribution in [0.3, 0.4) is 0 Å². The molecule has 0 rings (SSSR count). The van der Waals surface area contributed by atoms with Crippen molar-refractivity contribution < 1.29 is 28.5 Å². The minimum atomic E-state index is -1.27. The zero-order valence-electron chi connectivity index (χ0n) is 17.7. The molecule has 29 heavy (non-hydrogen) atoms. The molecule has 8 nitrogen and oxygen atoms in total. The summed E-state index contributed by atoms with van der Waals surface area (Å²) >= 11 is 0. The largest absolute Gasteiger partial charge is 0.515 e. The lowest BCUT2D eigenvalue weighted by molar-refractivity contribution is -0.115. The van der Waals surface area contributed by atoms with Crippen LogP contribution in [0.25, 0.3) is 0 Å². The van der Waals surface area contributed by atoms with Gasteiger partial charge < -0.3 is 26.8 Å². The van der Waals surface area contributed by atoms with Gasteiger partial charge in [-0.2, -0.15) is 0 Å². The zero-order chi connectivity index (χ0) is 22.8. The molecule has 0 heterocycles. The first kappa shape index (κ1) is 27.8. The van der Waals surface area contributed by atoms with Crippen molar-refractivity contribution in [2.45, 2.75) is 53.2 Å². The van der Waals surface area contributed by atoms with Gasteiger partial charge in [-0.05, 0) is 30.1 Å². The van der Waals surface area contributed by atoms with Gasteiger partial charge in [-0.1, -0.05) is 27.7 Å². The number of hydrogen-bond acceptors (Lipinski definition) is 7. The van der Waals surface area contributed by atoms with Crippen molar-refractivity contribution in [2.24, 2.45) is 22.3 Å². The van der Waals surface area contributed by atoms with Crippen molar-refractivity contribution >= 4 is 27.5 Å². The van der Waals surface area contributed by atoms with Crippen LogP contribution in [0.15, 0.2) is 23.7 Å². The van der Waals surface area contributed by atoms with Crippen molar-refractivity contribution in [1.29, 1.82) is 0 Å². The van der Waals surface area contributed by atoms with Gasteiger partial charge in [0, 0.05) is 50.2 Å². The smallest absolute Gasteiger partial charge is 0.248 e. The van der Waals surface area contributed by atoms with Gasteiger partial charge in [0.1, 0.15) is 6.23 Å². The van der Waals surface area contributed by atoms with Gasteiger partial charge in [0.15, 0.2) is 0 Å². The Morgan fingerprint density at radius 3 is 1.72 bits per heavy atom. The van der Waals surface area contributed by atoms with Gasteiger partial charge in [0.2, 0.25) is 5.91 Å². The number of nitrogens with two attached hydrogens (primary N) is 2. The third-order valence-electron chi connectivity index (χ3n) is 5.02. The third-order valence-corrected chi connectivity index (χ3v) is 7.82. The highest BCUT2D eigenvalue weighted by molar-refractivity contribution is 7.85. The number of rotatable bonds is 14. The van der Waals surface area contributed by atoms with E-state index < -0.39 is 44.6 Å². The second-order valence-electron chi connectivity index (χ2n) is 8.25. The fraction of sp³-hybridized carbons (Fsp3) is 0.737. The molecule has 0 aromatic carbocycles. The second-order valence-corrected chi connectivity index (χ2v) is 11.6. The molecule has 0 fully saturated rings. The van der Waals surface area contributed by atoms with E-state index in [9.17, 15) is 28.5 Å². The van der Waals surface area contributed by atoms with E-state index in [1.54, 1.807) is 27.7 Å². The van der Waals surface area contributed by atoms with Crippen molar-refractivity contribution in [3.05, 3.63) is 23.7 Å². The topological polar surface area (TPSA) is 164 Å². The van der Waals surface area contributed by atoms with Gasteiger partial charge in [0.05, 0.1) is 18.1 Å². The normalized spacial score (nSPS) is 17.0.